The Morgan fingerprint density at radius 1 is 0.952 bits per heavy atom. The van der Waals surface area contributed by atoms with Gasteiger partial charge in [-0.05, 0) is 61.5 Å². The topological polar surface area (TPSA) is 95.6 Å². The van der Waals surface area contributed by atoms with Gasteiger partial charge in [0.15, 0.2) is 11.3 Å². The highest BCUT2D eigenvalue weighted by Crippen LogP contribution is 2.34. The summed E-state index contributed by atoms with van der Waals surface area (Å²) in [6, 6.07) is 26.9. The molecule has 0 bridgehead atoms. The fourth-order valence-corrected chi connectivity index (χ4v) is 4.48. The van der Waals surface area contributed by atoms with Crippen molar-refractivity contribution < 1.29 is 23.1 Å². The van der Waals surface area contributed by atoms with Crippen LogP contribution in [0.5, 0.6) is 17.2 Å². The number of carbonyl (C=O) groups is 1. The van der Waals surface area contributed by atoms with E-state index < -0.39 is 17.3 Å². The zero-order valence-electron chi connectivity index (χ0n) is 22.4. The lowest BCUT2D eigenvalue weighted by atomic mass is 10.2. The second-order valence-electron chi connectivity index (χ2n) is 9.22. The minimum atomic E-state index is -0.645. The highest BCUT2D eigenvalue weighted by atomic mass is 19.1. The summed E-state index contributed by atoms with van der Waals surface area (Å²) in [6.07, 6.45) is 3.13. The summed E-state index contributed by atoms with van der Waals surface area (Å²) in [5.41, 5.74) is 2.19. The number of rotatable bonds is 8. The fraction of sp³-hybridized carbons (Fsp3) is 0.0606. The number of hydrogen-bond donors (Lipinski definition) is 1. The summed E-state index contributed by atoms with van der Waals surface area (Å²) >= 11 is 0. The van der Waals surface area contributed by atoms with E-state index in [1.807, 2.05) is 36.4 Å². The maximum absolute atomic E-state index is 13.4. The van der Waals surface area contributed by atoms with Crippen LogP contribution in [0.25, 0.3) is 28.1 Å². The molecule has 6 aromatic rings. The van der Waals surface area contributed by atoms with E-state index in [2.05, 4.69) is 10.3 Å². The number of nitrogens with zero attached hydrogens (tertiary/aromatic N) is 2. The van der Waals surface area contributed by atoms with Crippen molar-refractivity contribution in [3.63, 3.8) is 0 Å². The number of halogens is 1. The van der Waals surface area contributed by atoms with E-state index in [9.17, 15) is 14.0 Å². The number of fused-ring (bicyclic) bond motifs is 1. The summed E-state index contributed by atoms with van der Waals surface area (Å²) in [7, 11) is 0. The molecule has 0 unspecified atom stereocenters. The predicted octanol–water partition coefficient (Wildman–Crippen LogP) is 7.23. The molecule has 0 fully saturated rings. The van der Waals surface area contributed by atoms with Crippen LogP contribution >= 0.6 is 0 Å². The number of furan rings is 1. The Kier molecular flexibility index (Phi) is 7.21. The number of anilines is 1. The molecule has 0 aliphatic carbocycles. The average Bonchev–Trinajstić information content (AvgIpc) is 3.45. The number of carbonyl (C=O) groups excluding carboxylic acids is 1. The van der Waals surface area contributed by atoms with Gasteiger partial charge in [-0.3, -0.25) is 19.1 Å². The van der Waals surface area contributed by atoms with Gasteiger partial charge in [0, 0.05) is 41.5 Å². The molecule has 1 N–H and O–H groups in total. The largest absolute Gasteiger partial charge is 0.493 e. The molecule has 0 aliphatic rings. The first-order valence-electron chi connectivity index (χ1n) is 13.2. The number of nitrogens with one attached hydrogen (secondary N) is 1. The molecule has 0 spiro atoms. The van der Waals surface area contributed by atoms with Gasteiger partial charge in [-0.25, -0.2) is 4.39 Å². The van der Waals surface area contributed by atoms with Crippen LogP contribution in [-0.4, -0.2) is 22.1 Å². The molecule has 0 aliphatic heterocycles. The van der Waals surface area contributed by atoms with Gasteiger partial charge in [0.05, 0.1) is 6.61 Å². The van der Waals surface area contributed by atoms with Gasteiger partial charge in [-0.2, -0.15) is 0 Å². The Morgan fingerprint density at radius 2 is 1.71 bits per heavy atom. The lowest BCUT2D eigenvalue weighted by Gasteiger charge is -2.14. The van der Waals surface area contributed by atoms with Gasteiger partial charge in [0.25, 0.3) is 11.5 Å². The Balaban J connectivity index is 1.23. The second-order valence-corrected chi connectivity index (χ2v) is 9.22. The van der Waals surface area contributed by atoms with Crippen LogP contribution in [0.2, 0.25) is 0 Å². The molecular formula is C33H24FN3O5. The van der Waals surface area contributed by atoms with Crippen molar-refractivity contribution in [1.29, 1.82) is 0 Å². The van der Waals surface area contributed by atoms with Crippen molar-refractivity contribution in [2.75, 3.05) is 11.9 Å². The van der Waals surface area contributed by atoms with E-state index in [-0.39, 0.29) is 17.9 Å². The Morgan fingerprint density at radius 3 is 2.45 bits per heavy atom. The molecule has 3 heterocycles. The third-order valence-corrected chi connectivity index (χ3v) is 6.46. The summed E-state index contributed by atoms with van der Waals surface area (Å²) in [5, 5.41) is 2.75. The number of ether oxygens (including phenoxy) is 2. The maximum atomic E-state index is 13.4. The Labute approximate surface area is 239 Å². The van der Waals surface area contributed by atoms with Crippen LogP contribution in [-0.2, 0) is 0 Å². The fourth-order valence-electron chi connectivity index (χ4n) is 4.48. The van der Waals surface area contributed by atoms with Gasteiger partial charge >= 0.3 is 0 Å². The van der Waals surface area contributed by atoms with Gasteiger partial charge in [0.2, 0.25) is 0 Å². The quantitative estimate of drug-likeness (QED) is 0.211. The molecule has 9 heteroatoms. The molecule has 42 heavy (non-hydrogen) atoms. The standard InChI is InChI=1S/C33H24FN3O5/c1-2-40-27-17-19-37(24-12-8-22(34)9-13-24)33(39)30(27)32(38)36-23-10-14-25(15-11-23)41-28-16-18-35-26-20-29(42-31(26)28)21-6-4-3-5-7-21/h3-20H,2H2,1H3,(H,36,38). The first-order valence-corrected chi connectivity index (χ1v) is 13.2. The third-order valence-electron chi connectivity index (χ3n) is 6.46. The molecule has 0 saturated carbocycles. The van der Waals surface area contributed by atoms with Crippen LogP contribution in [0.4, 0.5) is 10.1 Å². The van der Waals surface area contributed by atoms with Gasteiger partial charge in [-0.15, -0.1) is 0 Å². The second kappa shape index (κ2) is 11.4. The molecule has 0 saturated heterocycles. The molecule has 0 radical (unpaired) electrons. The van der Waals surface area contributed by atoms with E-state index in [1.54, 1.807) is 43.5 Å². The van der Waals surface area contributed by atoms with E-state index in [0.29, 0.717) is 39.7 Å². The average molecular weight is 562 g/mol. The van der Waals surface area contributed by atoms with Crippen LogP contribution in [0.15, 0.2) is 119 Å². The molecule has 6 rings (SSSR count). The molecular weight excluding hydrogens is 537 g/mol. The minimum Gasteiger partial charge on any atom is -0.493 e. The zero-order valence-corrected chi connectivity index (χ0v) is 22.4. The van der Waals surface area contributed by atoms with Gasteiger partial charge in [-0.1, -0.05) is 30.3 Å². The summed E-state index contributed by atoms with van der Waals surface area (Å²) < 4.78 is 32.4. The van der Waals surface area contributed by atoms with Crippen LogP contribution in [0, 0.1) is 5.82 Å². The lowest BCUT2D eigenvalue weighted by molar-refractivity contribution is 0.102. The van der Waals surface area contributed by atoms with Crippen molar-refractivity contribution in [3.8, 4) is 34.3 Å². The van der Waals surface area contributed by atoms with Crippen molar-refractivity contribution in [2.24, 2.45) is 0 Å². The molecule has 1 amide bonds. The smallest absolute Gasteiger partial charge is 0.271 e. The third kappa shape index (κ3) is 5.35. The highest BCUT2D eigenvalue weighted by molar-refractivity contribution is 6.06. The lowest BCUT2D eigenvalue weighted by Crippen LogP contribution is -2.29. The maximum Gasteiger partial charge on any atom is 0.271 e. The van der Waals surface area contributed by atoms with Crippen molar-refractivity contribution in [2.45, 2.75) is 6.92 Å². The highest BCUT2D eigenvalue weighted by Gasteiger charge is 2.20. The Bertz CT molecular complexity index is 1930. The molecule has 8 nitrogen and oxygen atoms in total. The van der Waals surface area contributed by atoms with Crippen LogP contribution < -0.4 is 20.3 Å². The number of benzene rings is 3. The zero-order chi connectivity index (χ0) is 29.1. The normalized spacial score (nSPS) is 10.9. The number of pyridine rings is 2. The number of hydrogen-bond acceptors (Lipinski definition) is 6. The first-order chi connectivity index (χ1) is 20.5. The number of amides is 1. The first kappa shape index (κ1) is 26.5. The van der Waals surface area contributed by atoms with Crippen LogP contribution in [0.1, 0.15) is 17.3 Å². The van der Waals surface area contributed by atoms with Crippen molar-refractivity contribution in [3.05, 3.63) is 131 Å². The summed E-state index contributed by atoms with van der Waals surface area (Å²) in [6.45, 7) is 2.02. The van der Waals surface area contributed by atoms with E-state index in [0.717, 1.165) is 5.56 Å². The van der Waals surface area contributed by atoms with Crippen molar-refractivity contribution in [1.82, 2.24) is 9.55 Å². The summed E-state index contributed by atoms with van der Waals surface area (Å²) in [4.78, 5) is 31.0. The SMILES string of the molecule is CCOc1ccn(-c2ccc(F)cc2)c(=O)c1C(=O)Nc1ccc(Oc2ccnc3cc(-c4ccccc4)oc23)cc1. The van der Waals surface area contributed by atoms with Gasteiger partial charge in [0.1, 0.15) is 34.2 Å². The molecule has 0 atom stereocenters. The molecule has 3 aromatic heterocycles. The van der Waals surface area contributed by atoms with E-state index >= 15 is 0 Å². The van der Waals surface area contributed by atoms with E-state index in [4.69, 9.17) is 13.9 Å². The van der Waals surface area contributed by atoms with E-state index in [1.165, 1.54) is 41.1 Å². The summed E-state index contributed by atoms with van der Waals surface area (Å²) in [5.74, 6) is 0.745. The molecule has 3 aromatic carbocycles. The minimum absolute atomic E-state index is 0.147. The Hall–Kier alpha value is -5.70. The predicted molar refractivity (Wildman–Crippen MR) is 157 cm³/mol. The van der Waals surface area contributed by atoms with Crippen molar-refractivity contribution >= 4 is 22.7 Å². The van der Waals surface area contributed by atoms with Gasteiger partial charge < -0.3 is 19.2 Å². The number of aromatic nitrogens is 2. The monoisotopic (exact) mass is 561 g/mol. The molecule has 208 valence electrons. The van der Waals surface area contributed by atoms with Crippen LogP contribution in [0.3, 0.4) is 0 Å².